The molecule has 0 atom stereocenters. The number of carbonyl (C=O) groups excluding carboxylic acids is 1. The molecular formula is C18H28ClN3O5S. The van der Waals surface area contributed by atoms with Crippen LogP contribution < -0.4 is 10.2 Å². The topological polar surface area (TPSA) is 109 Å². The number of hydrogen-bond donors (Lipinski definition) is 2. The molecule has 0 radical (unpaired) electrons. The van der Waals surface area contributed by atoms with Crippen LogP contribution in [0.1, 0.15) is 51.1 Å². The lowest BCUT2D eigenvalue weighted by Gasteiger charge is -2.35. The highest BCUT2D eigenvalue weighted by Crippen LogP contribution is 2.32. The van der Waals surface area contributed by atoms with Crippen molar-refractivity contribution in [2.45, 2.75) is 50.2 Å². The number of hydroxylamine groups is 1. The van der Waals surface area contributed by atoms with E-state index in [1.165, 1.54) is 36.5 Å². The molecule has 0 unspecified atom stereocenters. The third-order valence-electron chi connectivity index (χ3n) is 5.45. The molecule has 0 bridgehead atoms. The lowest BCUT2D eigenvalue weighted by molar-refractivity contribution is -0.131. The second-order valence-electron chi connectivity index (χ2n) is 7.80. The van der Waals surface area contributed by atoms with Gasteiger partial charge in [0.05, 0.1) is 12.8 Å². The SMILES string of the molecule is CC(C)(C(=O)NO)S(=O)(=O)N1CCC(c2ccc(OCC3CC3)cn2)CC1.Cl. The Hall–Kier alpha value is -1.42. The fourth-order valence-electron chi connectivity index (χ4n) is 3.18. The lowest BCUT2D eigenvalue weighted by atomic mass is 9.94. The van der Waals surface area contributed by atoms with Crippen LogP contribution in [-0.4, -0.2) is 53.3 Å². The van der Waals surface area contributed by atoms with Gasteiger partial charge in [-0.15, -0.1) is 12.4 Å². The van der Waals surface area contributed by atoms with E-state index >= 15 is 0 Å². The first-order chi connectivity index (χ1) is 12.8. The number of nitrogens with one attached hydrogen (secondary N) is 1. The minimum Gasteiger partial charge on any atom is -0.492 e. The summed E-state index contributed by atoms with van der Waals surface area (Å²) in [6.07, 6.45) is 5.47. The number of hydrogen-bond acceptors (Lipinski definition) is 6. The van der Waals surface area contributed by atoms with Gasteiger partial charge in [-0.2, -0.15) is 0 Å². The van der Waals surface area contributed by atoms with Crippen molar-refractivity contribution in [3.63, 3.8) is 0 Å². The van der Waals surface area contributed by atoms with Crippen LogP contribution in [0.5, 0.6) is 5.75 Å². The zero-order valence-corrected chi connectivity index (χ0v) is 17.8. The Morgan fingerprint density at radius 1 is 1.29 bits per heavy atom. The highest BCUT2D eigenvalue weighted by atomic mass is 35.5. The number of halogens is 1. The van der Waals surface area contributed by atoms with Crippen molar-refractivity contribution < 1.29 is 23.2 Å². The Morgan fingerprint density at radius 3 is 2.43 bits per heavy atom. The van der Waals surface area contributed by atoms with E-state index in [2.05, 4.69) is 4.98 Å². The van der Waals surface area contributed by atoms with Gasteiger partial charge in [0, 0.05) is 24.7 Å². The van der Waals surface area contributed by atoms with Crippen molar-refractivity contribution in [2.75, 3.05) is 19.7 Å². The summed E-state index contributed by atoms with van der Waals surface area (Å²) in [7, 11) is -3.87. The van der Waals surface area contributed by atoms with E-state index in [1.54, 1.807) is 6.20 Å². The highest BCUT2D eigenvalue weighted by Gasteiger charge is 2.46. The zero-order chi connectivity index (χ0) is 19.7. The van der Waals surface area contributed by atoms with Gasteiger partial charge in [-0.1, -0.05) is 0 Å². The predicted octanol–water partition coefficient (Wildman–Crippen LogP) is 2.09. The number of carbonyl (C=O) groups is 1. The molecule has 2 aliphatic rings. The highest BCUT2D eigenvalue weighted by molar-refractivity contribution is 7.91. The summed E-state index contributed by atoms with van der Waals surface area (Å²) in [6.45, 7) is 3.96. The van der Waals surface area contributed by atoms with Crippen LogP contribution in [0.4, 0.5) is 0 Å². The number of sulfonamides is 1. The third kappa shape index (κ3) is 4.76. The van der Waals surface area contributed by atoms with Gasteiger partial charge in [-0.25, -0.2) is 18.2 Å². The average Bonchev–Trinajstić information content (AvgIpc) is 3.50. The molecule has 8 nitrogen and oxygen atoms in total. The molecule has 10 heteroatoms. The van der Waals surface area contributed by atoms with Gasteiger partial charge in [0.25, 0.3) is 5.91 Å². The minimum absolute atomic E-state index is 0. The van der Waals surface area contributed by atoms with Crippen molar-refractivity contribution >= 4 is 28.3 Å². The Kier molecular flexibility index (Phi) is 7.30. The monoisotopic (exact) mass is 433 g/mol. The maximum Gasteiger partial charge on any atom is 0.265 e. The molecular weight excluding hydrogens is 406 g/mol. The van der Waals surface area contributed by atoms with Crippen LogP contribution in [0.25, 0.3) is 0 Å². The summed E-state index contributed by atoms with van der Waals surface area (Å²) >= 11 is 0. The molecule has 1 aliphatic carbocycles. The summed E-state index contributed by atoms with van der Waals surface area (Å²) in [4.78, 5) is 16.2. The number of piperidine rings is 1. The van der Waals surface area contributed by atoms with Crippen LogP contribution in [0.3, 0.4) is 0 Å². The molecule has 2 N–H and O–H groups in total. The second-order valence-corrected chi connectivity index (χ2v) is 10.3. The molecule has 1 saturated carbocycles. The quantitative estimate of drug-likeness (QED) is 0.503. The molecule has 2 fully saturated rings. The summed E-state index contributed by atoms with van der Waals surface area (Å²) in [6, 6.07) is 3.86. The van der Waals surface area contributed by atoms with E-state index in [4.69, 9.17) is 9.94 Å². The first-order valence-electron chi connectivity index (χ1n) is 9.28. The Labute approximate surface area is 172 Å². The standard InChI is InChI=1S/C18H27N3O5S.ClH/c1-18(2,17(22)20-23)27(24,25)21-9-7-14(8-10-21)16-6-5-15(11-19-16)26-12-13-3-4-13;/h5-6,11,13-14,23H,3-4,7-10,12H2,1-2H3,(H,20,22);1H. The van der Waals surface area contributed by atoms with Crippen molar-refractivity contribution in [1.82, 2.24) is 14.8 Å². The summed E-state index contributed by atoms with van der Waals surface area (Å²) < 4.78 is 30.8. The molecule has 158 valence electrons. The number of aromatic nitrogens is 1. The van der Waals surface area contributed by atoms with Crippen LogP contribution in [0.2, 0.25) is 0 Å². The molecule has 2 heterocycles. The Bertz CT molecular complexity index is 773. The third-order valence-corrected chi connectivity index (χ3v) is 7.97. The van der Waals surface area contributed by atoms with E-state index in [0.717, 1.165) is 18.1 Å². The van der Waals surface area contributed by atoms with Crippen molar-refractivity contribution in [3.05, 3.63) is 24.0 Å². The average molecular weight is 434 g/mol. The van der Waals surface area contributed by atoms with E-state index in [1.807, 2.05) is 12.1 Å². The van der Waals surface area contributed by atoms with E-state index in [-0.39, 0.29) is 18.3 Å². The molecule has 1 aromatic rings. The Balaban J connectivity index is 0.00000280. The number of ether oxygens (including phenoxy) is 1. The summed E-state index contributed by atoms with van der Waals surface area (Å²) in [5.74, 6) is 0.687. The fourth-order valence-corrected chi connectivity index (χ4v) is 4.80. The molecule has 1 aromatic heterocycles. The van der Waals surface area contributed by atoms with Crippen molar-refractivity contribution in [3.8, 4) is 5.75 Å². The second kappa shape index (κ2) is 8.94. The molecule has 28 heavy (non-hydrogen) atoms. The Morgan fingerprint density at radius 2 is 1.93 bits per heavy atom. The number of nitrogens with zero attached hydrogens (tertiary/aromatic N) is 2. The maximum atomic E-state index is 12.7. The smallest absolute Gasteiger partial charge is 0.265 e. The minimum atomic E-state index is -3.87. The van der Waals surface area contributed by atoms with Gasteiger partial charge in [0.1, 0.15) is 5.75 Å². The van der Waals surface area contributed by atoms with Gasteiger partial charge in [0.2, 0.25) is 10.0 Å². The molecule has 1 saturated heterocycles. The van der Waals surface area contributed by atoms with Gasteiger partial charge in [0.15, 0.2) is 4.75 Å². The summed E-state index contributed by atoms with van der Waals surface area (Å²) in [5.41, 5.74) is 2.37. The number of rotatable bonds is 7. The van der Waals surface area contributed by atoms with Gasteiger partial charge in [-0.3, -0.25) is 15.0 Å². The normalized spacial score (nSPS) is 19.0. The summed E-state index contributed by atoms with van der Waals surface area (Å²) in [5, 5.41) is 8.82. The maximum absolute atomic E-state index is 12.7. The largest absolute Gasteiger partial charge is 0.492 e. The molecule has 0 aromatic carbocycles. The molecule has 3 rings (SSSR count). The number of amides is 1. The first-order valence-corrected chi connectivity index (χ1v) is 10.7. The van der Waals surface area contributed by atoms with E-state index in [9.17, 15) is 13.2 Å². The van der Waals surface area contributed by atoms with Gasteiger partial charge < -0.3 is 4.74 Å². The van der Waals surface area contributed by atoms with E-state index in [0.29, 0.717) is 31.8 Å². The van der Waals surface area contributed by atoms with Gasteiger partial charge >= 0.3 is 0 Å². The van der Waals surface area contributed by atoms with Crippen molar-refractivity contribution in [2.24, 2.45) is 5.92 Å². The van der Waals surface area contributed by atoms with Crippen LogP contribution in [0, 0.1) is 5.92 Å². The van der Waals surface area contributed by atoms with E-state index < -0.39 is 20.7 Å². The lowest BCUT2D eigenvalue weighted by Crippen LogP contribution is -2.54. The zero-order valence-electron chi connectivity index (χ0n) is 16.1. The first kappa shape index (κ1) is 22.9. The number of pyridine rings is 1. The van der Waals surface area contributed by atoms with Crippen molar-refractivity contribution in [1.29, 1.82) is 0 Å². The fraction of sp³-hybridized carbons (Fsp3) is 0.667. The van der Waals surface area contributed by atoms with Gasteiger partial charge in [-0.05, 0) is 57.6 Å². The predicted molar refractivity (Wildman–Crippen MR) is 106 cm³/mol. The molecule has 1 amide bonds. The van der Waals surface area contributed by atoms with Crippen LogP contribution >= 0.6 is 12.4 Å². The van der Waals surface area contributed by atoms with Crippen LogP contribution in [-0.2, 0) is 14.8 Å². The molecule has 0 spiro atoms. The van der Waals surface area contributed by atoms with Crippen LogP contribution in [0.15, 0.2) is 18.3 Å². The molecule has 1 aliphatic heterocycles.